The molecule has 0 unspecified atom stereocenters. The number of hydrogen-bond acceptors (Lipinski definition) is 8. The van der Waals surface area contributed by atoms with E-state index in [1.54, 1.807) is 0 Å². The minimum absolute atomic E-state index is 0.0373. The number of H-pyrrole nitrogens is 1. The minimum Gasteiger partial charge on any atom is -0.477 e. The fourth-order valence-corrected chi connectivity index (χ4v) is 2.82. The fraction of sp³-hybridized carbons (Fsp3) is 0.167. The zero-order valence-electron chi connectivity index (χ0n) is 15.8. The first-order valence-corrected chi connectivity index (χ1v) is 8.84. The van der Waals surface area contributed by atoms with E-state index in [9.17, 15) is 14.4 Å². The number of carbonyl (C=O) groups excluding carboxylic acids is 1. The van der Waals surface area contributed by atoms with Gasteiger partial charge >= 0.3 is 17.6 Å². The van der Waals surface area contributed by atoms with E-state index in [4.69, 9.17) is 21.3 Å². The Kier molecular flexibility index (Phi) is 6.14. The molecule has 0 radical (unpaired) electrons. The summed E-state index contributed by atoms with van der Waals surface area (Å²) in [5.41, 5.74) is 1.69. The zero-order valence-corrected chi connectivity index (χ0v) is 16.6. The smallest absolute Gasteiger partial charge is 0.355 e. The molecule has 0 bridgehead atoms. The van der Waals surface area contributed by atoms with Crippen molar-refractivity contribution in [2.45, 2.75) is 13.5 Å². The third kappa shape index (κ3) is 4.31. The normalized spacial score (nSPS) is 10.6. The van der Waals surface area contributed by atoms with E-state index < -0.39 is 17.6 Å². The number of ether oxygens (including phenoxy) is 1. The SMILES string of the molecule is COC(=O)c1cc(C(=O)O)nc2c[nH]c(=O)n12.Cc1nc2cc(CNCl)ccc2o1. The number of rotatable bonds is 4. The van der Waals surface area contributed by atoms with Crippen LogP contribution in [-0.4, -0.2) is 43.5 Å². The van der Waals surface area contributed by atoms with E-state index in [-0.39, 0.29) is 17.0 Å². The Morgan fingerprint density at radius 2 is 2.10 bits per heavy atom. The van der Waals surface area contributed by atoms with Gasteiger partial charge in [0.05, 0.1) is 7.11 Å². The van der Waals surface area contributed by atoms with Crippen molar-refractivity contribution in [2.75, 3.05) is 7.11 Å². The number of halogens is 1. The molecule has 3 N–H and O–H groups in total. The minimum atomic E-state index is -1.30. The Balaban J connectivity index is 0.000000177. The summed E-state index contributed by atoms with van der Waals surface area (Å²) in [4.78, 5) is 46.4. The van der Waals surface area contributed by atoms with Crippen LogP contribution in [0.15, 0.2) is 39.7 Å². The largest absolute Gasteiger partial charge is 0.477 e. The van der Waals surface area contributed by atoms with Gasteiger partial charge in [0.25, 0.3) is 0 Å². The molecule has 11 nitrogen and oxygen atoms in total. The summed E-state index contributed by atoms with van der Waals surface area (Å²) in [5, 5.41) is 8.82. The molecule has 0 saturated carbocycles. The molecular weight excluding hydrogens is 418 g/mol. The van der Waals surface area contributed by atoms with Gasteiger partial charge in [0.15, 0.2) is 22.8 Å². The number of aromatic carboxylic acids is 1. The number of fused-ring (bicyclic) bond motifs is 2. The molecule has 1 aromatic carbocycles. The van der Waals surface area contributed by atoms with Gasteiger partial charge in [0.1, 0.15) is 11.2 Å². The first-order chi connectivity index (χ1) is 14.3. The number of nitrogens with zero attached hydrogens (tertiary/aromatic N) is 3. The van der Waals surface area contributed by atoms with Crippen molar-refractivity contribution >= 4 is 40.5 Å². The standard InChI is InChI=1S/C9H9ClN2O.C9H7N3O5/c1-6-12-8-4-7(5-11-10)2-3-9(8)13-6;1-17-8(15)5-2-4(7(13)14)11-6-3-10-9(16)12(5)6/h2-4,11H,5H2,1H3;2-3H,1H3,(H,10,16)(H,13,14). The molecular formula is C18H16ClN5O6. The fourth-order valence-electron chi connectivity index (χ4n) is 2.66. The van der Waals surface area contributed by atoms with Gasteiger partial charge in [-0.1, -0.05) is 6.07 Å². The second-order valence-electron chi connectivity index (χ2n) is 5.96. The number of esters is 1. The molecule has 0 aliphatic carbocycles. The number of imidazole rings is 1. The maximum atomic E-state index is 11.4. The Morgan fingerprint density at radius 3 is 2.77 bits per heavy atom. The lowest BCUT2D eigenvalue weighted by Crippen LogP contribution is -2.20. The topological polar surface area (TPSA) is 152 Å². The van der Waals surface area contributed by atoms with Gasteiger partial charge in [-0.2, -0.15) is 0 Å². The highest BCUT2D eigenvalue weighted by Crippen LogP contribution is 2.16. The van der Waals surface area contributed by atoms with E-state index in [2.05, 4.69) is 24.5 Å². The molecule has 4 rings (SSSR count). The summed E-state index contributed by atoms with van der Waals surface area (Å²) in [6.07, 6.45) is 1.21. The Hall–Kier alpha value is -3.70. The van der Waals surface area contributed by atoms with E-state index >= 15 is 0 Å². The number of oxazole rings is 1. The molecule has 0 aliphatic heterocycles. The molecule has 156 valence electrons. The summed E-state index contributed by atoms with van der Waals surface area (Å²) in [6, 6.07) is 6.80. The van der Waals surface area contributed by atoms with Crippen LogP contribution in [-0.2, 0) is 11.3 Å². The van der Waals surface area contributed by atoms with Crippen LogP contribution in [0.3, 0.4) is 0 Å². The Labute approximate surface area is 173 Å². The number of carboxylic acids is 1. The first-order valence-electron chi connectivity index (χ1n) is 8.46. The summed E-state index contributed by atoms with van der Waals surface area (Å²) >= 11 is 5.40. The van der Waals surface area contributed by atoms with Crippen molar-refractivity contribution in [2.24, 2.45) is 0 Å². The molecule has 12 heteroatoms. The van der Waals surface area contributed by atoms with Crippen LogP contribution in [0.5, 0.6) is 0 Å². The lowest BCUT2D eigenvalue weighted by Gasteiger charge is -2.03. The number of methoxy groups -OCH3 is 1. The molecule has 3 heterocycles. The summed E-state index contributed by atoms with van der Waals surface area (Å²) in [6.45, 7) is 2.46. The van der Waals surface area contributed by atoms with Crippen molar-refractivity contribution in [1.29, 1.82) is 0 Å². The van der Waals surface area contributed by atoms with Crippen molar-refractivity contribution in [3.05, 3.63) is 63.8 Å². The van der Waals surface area contributed by atoms with E-state index in [0.29, 0.717) is 12.4 Å². The van der Waals surface area contributed by atoms with E-state index in [1.165, 1.54) is 6.20 Å². The first kappa shape index (κ1) is 21.0. The molecule has 0 spiro atoms. The third-order valence-electron chi connectivity index (χ3n) is 3.95. The quantitative estimate of drug-likeness (QED) is 0.323. The van der Waals surface area contributed by atoms with E-state index in [1.807, 2.05) is 25.1 Å². The number of aryl methyl sites for hydroxylation is 1. The Bertz CT molecular complexity index is 1290. The number of carboxylic acid groups (broad SMARTS) is 1. The van der Waals surface area contributed by atoms with Crippen LogP contribution in [0.1, 0.15) is 32.4 Å². The molecule has 0 atom stereocenters. The number of nitrogens with one attached hydrogen (secondary N) is 2. The van der Waals surface area contributed by atoms with Crippen LogP contribution < -0.4 is 10.5 Å². The predicted molar refractivity (Wildman–Crippen MR) is 106 cm³/mol. The molecule has 0 amide bonds. The maximum absolute atomic E-state index is 11.4. The zero-order chi connectivity index (χ0) is 21.8. The summed E-state index contributed by atoms with van der Waals surface area (Å²) < 4.78 is 10.7. The van der Waals surface area contributed by atoms with Crippen LogP contribution in [0.2, 0.25) is 0 Å². The van der Waals surface area contributed by atoms with Crippen LogP contribution >= 0.6 is 11.8 Å². The second-order valence-corrected chi connectivity index (χ2v) is 6.22. The molecule has 0 aliphatic rings. The van der Waals surface area contributed by atoms with Gasteiger partial charge in [-0.25, -0.2) is 33.6 Å². The van der Waals surface area contributed by atoms with Gasteiger partial charge in [0.2, 0.25) is 0 Å². The van der Waals surface area contributed by atoms with Gasteiger partial charge in [-0.15, -0.1) is 0 Å². The highest BCUT2D eigenvalue weighted by Gasteiger charge is 2.18. The van der Waals surface area contributed by atoms with Crippen molar-refractivity contribution in [3.63, 3.8) is 0 Å². The number of benzene rings is 1. The lowest BCUT2D eigenvalue weighted by atomic mass is 10.2. The van der Waals surface area contributed by atoms with Crippen LogP contribution in [0.25, 0.3) is 16.7 Å². The van der Waals surface area contributed by atoms with Crippen molar-refractivity contribution < 1.29 is 23.8 Å². The monoisotopic (exact) mass is 433 g/mol. The number of carbonyl (C=O) groups is 2. The molecule has 3 aromatic heterocycles. The summed E-state index contributed by atoms with van der Waals surface area (Å²) in [7, 11) is 1.13. The van der Waals surface area contributed by atoms with Crippen LogP contribution in [0.4, 0.5) is 0 Å². The van der Waals surface area contributed by atoms with E-state index in [0.717, 1.165) is 34.2 Å². The lowest BCUT2D eigenvalue weighted by molar-refractivity contribution is 0.0591. The molecule has 30 heavy (non-hydrogen) atoms. The van der Waals surface area contributed by atoms with Crippen molar-refractivity contribution in [1.82, 2.24) is 24.2 Å². The highest BCUT2D eigenvalue weighted by atomic mass is 35.5. The van der Waals surface area contributed by atoms with Gasteiger partial charge in [0, 0.05) is 25.7 Å². The van der Waals surface area contributed by atoms with Gasteiger partial charge < -0.3 is 19.2 Å². The predicted octanol–water partition coefficient (Wildman–Crippen LogP) is 1.89. The van der Waals surface area contributed by atoms with Gasteiger partial charge in [-0.05, 0) is 29.5 Å². The maximum Gasteiger partial charge on any atom is 0.355 e. The average molecular weight is 434 g/mol. The average Bonchev–Trinajstić information content (AvgIpc) is 3.28. The number of hydrogen-bond donors (Lipinski definition) is 3. The highest BCUT2D eigenvalue weighted by molar-refractivity contribution is 6.13. The summed E-state index contributed by atoms with van der Waals surface area (Å²) in [5.74, 6) is -1.43. The molecule has 0 saturated heterocycles. The number of aromatic nitrogens is 4. The third-order valence-corrected chi connectivity index (χ3v) is 4.08. The second kappa shape index (κ2) is 8.76. The Morgan fingerprint density at radius 1 is 1.33 bits per heavy atom. The number of aromatic amines is 1. The molecule has 4 aromatic rings. The van der Waals surface area contributed by atoms with Gasteiger partial charge in [-0.3, -0.25) is 0 Å². The van der Waals surface area contributed by atoms with Crippen molar-refractivity contribution in [3.8, 4) is 0 Å². The molecule has 0 fully saturated rings. The van der Waals surface area contributed by atoms with Crippen LogP contribution in [0, 0.1) is 6.92 Å².